The van der Waals surface area contributed by atoms with E-state index < -0.39 is 0 Å². The van der Waals surface area contributed by atoms with Crippen LogP contribution in [0, 0.1) is 0 Å². The molecule has 1 fully saturated rings. The molecule has 1 N–H and O–H groups in total. The SMILES string of the molecule is O=C(NCCN1CCN(C(=O)c2ccccc2Br)CC1)c1ccccc1Br. The first-order valence-corrected chi connectivity index (χ1v) is 10.4. The van der Waals surface area contributed by atoms with Crippen LogP contribution in [0.4, 0.5) is 0 Å². The lowest BCUT2D eigenvalue weighted by Gasteiger charge is -2.35. The zero-order chi connectivity index (χ0) is 19.2. The van der Waals surface area contributed by atoms with E-state index in [9.17, 15) is 9.59 Å². The Kier molecular flexibility index (Phi) is 7.04. The van der Waals surface area contributed by atoms with E-state index in [4.69, 9.17) is 0 Å². The van der Waals surface area contributed by atoms with Crippen molar-refractivity contribution in [1.82, 2.24) is 15.1 Å². The maximum absolute atomic E-state index is 12.6. The highest BCUT2D eigenvalue weighted by Gasteiger charge is 2.23. The Morgan fingerprint density at radius 3 is 2.00 bits per heavy atom. The predicted octanol–water partition coefficient (Wildman–Crippen LogP) is 3.40. The van der Waals surface area contributed by atoms with Crippen molar-refractivity contribution >= 4 is 43.7 Å². The highest BCUT2D eigenvalue weighted by atomic mass is 79.9. The molecule has 5 nitrogen and oxygen atoms in total. The van der Waals surface area contributed by atoms with Crippen LogP contribution in [0.2, 0.25) is 0 Å². The fourth-order valence-corrected chi connectivity index (χ4v) is 3.97. The molecule has 3 rings (SSSR count). The van der Waals surface area contributed by atoms with Crippen LogP contribution in [0.3, 0.4) is 0 Å². The quantitative estimate of drug-likeness (QED) is 0.693. The first-order chi connectivity index (χ1) is 13.1. The number of nitrogens with zero attached hydrogens (tertiary/aromatic N) is 2. The third-order valence-corrected chi connectivity index (χ3v) is 5.98. The lowest BCUT2D eigenvalue weighted by Crippen LogP contribution is -2.50. The van der Waals surface area contributed by atoms with Crippen molar-refractivity contribution in [2.75, 3.05) is 39.3 Å². The zero-order valence-electron chi connectivity index (χ0n) is 14.8. The average molecular weight is 495 g/mol. The molecule has 1 saturated heterocycles. The van der Waals surface area contributed by atoms with Crippen LogP contribution in [0.5, 0.6) is 0 Å². The lowest BCUT2D eigenvalue weighted by atomic mass is 10.2. The van der Waals surface area contributed by atoms with Crippen molar-refractivity contribution in [2.24, 2.45) is 0 Å². The predicted molar refractivity (Wildman–Crippen MR) is 113 cm³/mol. The molecule has 0 aromatic heterocycles. The second-order valence-corrected chi connectivity index (χ2v) is 8.06. The van der Waals surface area contributed by atoms with Crippen molar-refractivity contribution < 1.29 is 9.59 Å². The second kappa shape index (κ2) is 9.48. The fourth-order valence-electron chi connectivity index (χ4n) is 3.05. The topological polar surface area (TPSA) is 52.7 Å². The van der Waals surface area contributed by atoms with Gasteiger partial charge in [-0.3, -0.25) is 14.5 Å². The van der Waals surface area contributed by atoms with E-state index in [0.717, 1.165) is 28.6 Å². The van der Waals surface area contributed by atoms with Crippen LogP contribution < -0.4 is 5.32 Å². The maximum atomic E-state index is 12.6. The fraction of sp³-hybridized carbons (Fsp3) is 0.300. The first kappa shape index (κ1) is 20.0. The third-order valence-electron chi connectivity index (χ3n) is 4.60. The highest BCUT2D eigenvalue weighted by Crippen LogP contribution is 2.19. The van der Waals surface area contributed by atoms with Gasteiger partial charge in [-0.25, -0.2) is 0 Å². The van der Waals surface area contributed by atoms with Crippen LogP contribution in [0.1, 0.15) is 20.7 Å². The van der Waals surface area contributed by atoms with Crippen molar-refractivity contribution in [1.29, 1.82) is 0 Å². The molecule has 0 atom stereocenters. The summed E-state index contributed by atoms with van der Waals surface area (Å²) in [5.41, 5.74) is 1.34. The summed E-state index contributed by atoms with van der Waals surface area (Å²) in [7, 11) is 0. The molecule has 1 aliphatic heterocycles. The van der Waals surface area contributed by atoms with Crippen molar-refractivity contribution in [2.45, 2.75) is 0 Å². The molecule has 0 spiro atoms. The lowest BCUT2D eigenvalue weighted by molar-refractivity contribution is 0.0637. The minimum absolute atomic E-state index is 0.0596. The molecule has 0 unspecified atom stereocenters. The standard InChI is InChI=1S/C20H21Br2N3O2/c21-17-7-3-1-5-15(17)19(26)23-9-10-24-11-13-25(14-12-24)20(27)16-6-2-4-8-18(16)22/h1-8H,9-14H2,(H,23,26). The molecule has 1 heterocycles. The number of piperazine rings is 1. The van der Waals surface area contributed by atoms with E-state index in [-0.39, 0.29) is 11.8 Å². The van der Waals surface area contributed by atoms with Gasteiger partial charge in [0.1, 0.15) is 0 Å². The van der Waals surface area contributed by atoms with Crippen LogP contribution in [-0.4, -0.2) is 60.9 Å². The maximum Gasteiger partial charge on any atom is 0.255 e. The van der Waals surface area contributed by atoms with Crippen LogP contribution in [0.25, 0.3) is 0 Å². The van der Waals surface area contributed by atoms with Crippen LogP contribution in [-0.2, 0) is 0 Å². The summed E-state index contributed by atoms with van der Waals surface area (Å²) in [6.07, 6.45) is 0. The third kappa shape index (κ3) is 5.18. The second-order valence-electron chi connectivity index (χ2n) is 6.35. The molecule has 142 valence electrons. The summed E-state index contributed by atoms with van der Waals surface area (Å²) >= 11 is 6.84. The zero-order valence-corrected chi connectivity index (χ0v) is 18.0. The van der Waals surface area contributed by atoms with E-state index in [0.29, 0.717) is 30.8 Å². The Morgan fingerprint density at radius 1 is 0.852 bits per heavy atom. The molecule has 7 heteroatoms. The number of hydrogen-bond donors (Lipinski definition) is 1. The summed E-state index contributed by atoms with van der Waals surface area (Å²) in [6, 6.07) is 14.9. The molecular weight excluding hydrogens is 474 g/mol. The van der Waals surface area contributed by atoms with E-state index in [2.05, 4.69) is 42.1 Å². The molecule has 2 aromatic rings. The van der Waals surface area contributed by atoms with Gasteiger partial charge in [-0.05, 0) is 56.1 Å². The molecule has 0 radical (unpaired) electrons. The first-order valence-electron chi connectivity index (χ1n) is 8.85. The monoisotopic (exact) mass is 493 g/mol. The minimum atomic E-state index is -0.0785. The number of halogens is 2. The van der Waals surface area contributed by atoms with Crippen molar-refractivity contribution in [3.63, 3.8) is 0 Å². The Hall–Kier alpha value is -1.70. The molecular formula is C20H21Br2N3O2. The van der Waals surface area contributed by atoms with Crippen LogP contribution >= 0.6 is 31.9 Å². The molecule has 0 saturated carbocycles. The molecule has 0 bridgehead atoms. The summed E-state index contributed by atoms with van der Waals surface area (Å²) in [5, 5.41) is 2.96. The normalized spacial score (nSPS) is 14.8. The molecule has 27 heavy (non-hydrogen) atoms. The minimum Gasteiger partial charge on any atom is -0.351 e. The molecule has 1 aliphatic rings. The van der Waals surface area contributed by atoms with Gasteiger partial charge in [-0.1, -0.05) is 24.3 Å². The summed E-state index contributed by atoms with van der Waals surface area (Å²) in [4.78, 5) is 29.0. The summed E-state index contributed by atoms with van der Waals surface area (Å²) in [6.45, 7) is 4.35. The van der Waals surface area contributed by atoms with E-state index in [1.807, 2.05) is 47.4 Å². The molecule has 0 aliphatic carbocycles. The number of nitrogens with one attached hydrogen (secondary N) is 1. The van der Waals surface area contributed by atoms with Gasteiger partial charge in [0, 0.05) is 48.2 Å². The largest absolute Gasteiger partial charge is 0.351 e. The van der Waals surface area contributed by atoms with Crippen molar-refractivity contribution in [3.05, 3.63) is 68.6 Å². The van der Waals surface area contributed by atoms with Gasteiger partial charge in [0.05, 0.1) is 11.1 Å². The summed E-state index contributed by atoms with van der Waals surface area (Å²) < 4.78 is 1.62. The van der Waals surface area contributed by atoms with Gasteiger partial charge in [0.25, 0.3) is 11.8 Å². The van der Waals surface area contributed by atoms with Gasteiger partial charge in [-0.15, -0.1) is 0 Å². The number of amides is 2. The van der Waals surface area contributed by atoms with Gasteiger partial charge in [-0.2, -0.15) is 0 Å². The Bertz CT molecular complexity index is 818. The number of benzene rings is 2. The Labute approximate surface area is 176 Å². The smallest absolute Gasteiger partial charge is 0.255 e. The van der Waals surface area contributed by atoms with Gasteiger partial charge in [0.15, 0.2) is 0 Å². The van der Waals surface area contributed by atoms with Gasteiger partial charge >= 0.3 is 0 Å². The average Bonchev–Trinajstić information content (AvgIpc) is 2.68. The number of hydrogen-bond acceptors (Lipinski definition) is 3. The number of carbonyl (C=O) groups excluding carboxylic acids is 2. The Balaban J connectivity index is 1.43. The van der Waals surface area contributed by atoms with Crippen LogP contribution in [0.15, 0.2) is 57.5 Å². The highest BCUT2D eigenvalue weighted by molar-refractivity contribution is 9.10. The van der Waals surface area contributed by atoms with Crippen molar-refractivity contribution in [3.8, 4) is 0 Å². The summed E-state index contributed by atoms with van der Waals surface area (Å²) in [5.74, 6) is -0.0189. The Morgan fingerprint density at radius 2 is 1.41 bits per heavy atom. The number of rotatable bonds is 5. The van der Waals surface area contributed by atoms with E-state index in [1.54, 1.807) is 6.07 Å². The number of carbonyl (C=O) groups is 2. The van der Waals surface area contributed by atoms with Gasteiger partial charge < -0.3 is 10.2 Å². The van der Waals surface area contributed by atoms with E-state index >= 15 is 0 Å². The van der Waals surface area contributed by atoms with Gasteiger partial charge in [0.2, 0.25) is 0 Å². The van der Waals surface area contributed by atoms with E-state index in [1.165, 1.54) is 0 Å². The molecule has 2 aromatic carbocycles. The molecule has 2 amide bonds.